The minimum Gasteiger partial charge on any atom is -0.135 e. The van der Waals surface area contributed by atoms with Gasteiger partial charge >= 0.3 is 0 Å². The molecule has 0 nitrogen and oxygen atoms in total. The van der Waals surface area contributed by atoms with Crippen molar-refractivity contribution in [2.75, 3.05) is 0 Å². The van der Waals surface area contributed by atoms with Crippen molar-refractivity contribution in [2.24, 2.45) is 0 Å². The van der Waals surface area contributed by atoms with Crippen LogP contribution in [0.3, 0.4) is 0 Å². The fourth-order valence-corrected chi connectivity index (χ4v) is 11.0. The van der Waals surface area contributed by atoms with Gasteiger partial charge in [-0.2, -0.15) is 0 Å². The molecule has 0 aliphatic heterocycles. The van der Waals surface area contributed by atoms with Gasteiger partial charge in [0.05, 0.1) is 5.41 Å². The minimum atomic E-state index is -0.438. The van der Waals surface area contributed by atoms with E-state index < -0.39 is 5.41 Å². The number of allylic oxidation sites excluding steroid dienone is 2. The lowest BCUT2D eigenvalue weighted by atomic mass is 9.70. The fraction of sp³-hybridized carbons (Fsp3) is 0.0385. The Morgan fingerprint density at radius 2 is 1.04 bits per heavy atom. The van der Waals surface area contributed by atoms with Gasteiger partial charge in [0.15, 0.2) is 0 Å². The summed E-state index contributed by atoms with van der Waals surface area (Å²) in [6.45, 7) is 6.21. The third-order valence-corrected chi connectivity index (χ3v) is 13.1. The van der Waals surface area contributed by atoms with Crippen molar-refractivity contribution in [2.45, 2.75) is 12.3 Å². The lowest BCUT2D eigenvalue weighted by molar-refractivity contribution is 0.795. The molecule has 1 aromatic heterocycles. The van der Waals surface area contributed by atoms with Gasteiger partial charge in [-0.05, 0) is 113 Å². The van der Waals surface area contributed by atoms with Crippen LogP contribution in [0.1, 0.15) is 32.7 Å². The van der Waals surface area contributed by atoms with Gasteiger partial charge in [0.25, 0.3) is 0 Å². The van der Waals surface area contributed by atoms with Crippen LogP contribution in [0.4, 0.5) is 0 Å². The van der Waals surface area contributed by atoms with Gasteiger partial charge in [-0.3, -0.25) is 0 Å². The molecular formula is C52H34S. The van der Waals surface area contributed by atoms with E-state index in [1.807, 2.05) is 17.4 Å². The van der Waals surface area contributed by atoms with E-state index in [1.165, 1.54) is 109 Å². The topological polar surface area (TPSA) is 0 Å². The van der Waals surface area contributed by atoms with E-state index in [0.717, 1.165) is 0 Å². The van der Waals surface area contributed by atoms with E-state index in [9.17, 15) is 0 Å². The molecule has 0 amide bonds. The normalized spacial score (nSPS) is 13.5. The van der Waals surface area contributed by atoms with E-state index in [0.29, 0.717) is 0 Å². The Bertz CT molecular complexity index is 2920. The molecule has 53 heavy (non-hydrogen) atoms. The Labute approximate surface area is 313 Å². The lowest BCUT2D eigenvalue weighted by Crippen LogP contribution is -2.25. The Kier molecular flexibility index (Phi) is 6.51. The second-order valence-electron chi connectivity index (χ2n) is 14.4. The average Bonchev–Trinajstić information content (AvgIpc) is 3.82. The predicted octanol–water partition coefficient (Wildman–Crippen LogP) is 14.4. The van der Waals surface area contributed by atoms with Gasteiger partial charge < -0.3 is 0 Å². The Hall–Kier alpha value is -6.28. The Balaban J connectivity index is 1.28. The summed E-state index contributed by atoms with van der Waals surface area (Å²) in [5.41, 5.74) is 16.8. The third-order valence-electron chi connectivity index (χ3n) is 11.9. The first-order valence-electron chi connectivity index (χ1n) is 18.4. The first kappa shape index (κ1) is 30.4. The third kappa shape index (κ3) is 4.00. The van der Waals surface area contributed by atoms with Crippen LogP contribution in [-0.4, -0.2) is 0 Å². The quantitative estimate of drug-likeness (QED) is 0.127. The zero-order chi connectivity index (χ0) is 35.3. The molecule has 0 bridgehead atoms. The Morgan fingerprint density at radius 3 is 1.66 bits per heavy atom. The zero-order valence-corrected chi connectivity index (χ0v) is 30.2. The van der Waals surface area contributed by atoms with Crippen LogP contribution >= 0.6 is 11.3 Å². The SMILES string of the molecule is C=C/C=C\c1sc2c3c(ccc2c1C)C1(c2ccccc2-c2ccccc21)c1cc(-c2c4ccccc4c(-c4ccccc4)c4ccccc24)ccc1-3. The highest BCUT2D eigenvalue weighted by Gasteiger charge is 2.52. The summed E-state index contributed by atoms with van der Waals surface area (Å²) >= 11 is 1.91. The smallest absolute Gasteiger partial charge is 0.0726 e. The highest BCUT2D eigenvalue weighted by atomic mass is 32.1. The molecule has 2 aliphatic carbocycles. The maximum Gasteiger partial charge on any atom is 0.0726 e. The largest absolute Gasteiger partial charge is 0.135 e. The number of rotatable bonds is 4. The average molecular weight is 691 g/mol. The number of fused-ring (bicyclic) bond motifs is 14. The lowest BCUT2D eigenvalue weighted by Gasteiger charge is -2.31. The number of thiophene rings is 1. The van der Waals surface area contributed by atoms with Gasteiger partial charge in [0.1, 0.15) is 0 Å². The molecule has 0 atom stereocenters. The minimum absolute atomic E-state index is 0.438. The molecule has 2 aliphatic rings. The monoisotopic (exact) mass is 690 g/mol. The van der Waals surface area contributed by atoms with Gasteiger partial charge in [-0.1, -0.05) is 170 Å². The summed E-state index contributed by atoms with van der Waals surface area (Å²) in [4.78, 5) is 1.29. The summed E-state index contributed by atoms with van der Waals surface area (Å²) in [6, 6.07) is 59.3. The fourth-order valence-electron chi connectivity index (χ4n) is 9.74. The first-order chi connectivity index (χ1) is 26.2. The van der Waals surface area contributed by atoms with E-state index >= 15 is 0 Å². The second kappa shape index (κ2) is 11.4. The van der Waals surface area contributed by atoms with Crippen molar-refractivity contribution in [3.8, 4) is 44.5 Å². The van der Waals surface area contributed by atoms with Crippen LogP contribution in [0.15, 0.2) is 176 Å². The molecule has 9 aromatic rings. The first-order valence-corrected chi connectivity index (χ1v) is 19.2. The van der Waals surface area contributed by atoms with Crippen molar-refractivity contribution < 1.29 is 0 Å². The maximum atomic E-state index is 3.95. The van der Waals surface area contributed by atoms with Crippen LogP contribution in [0.2, 0.25) is 0 Å². The molecular weight excluding hydrogens is 657 g/mol. The summed E-state index contributed by atoms with van der Waals surface area (Å²) < 4.78 is 1.36. The van der Waals surface area contributed by atoms with Gasteiger partial charge in [0.2, 0.25) is 0 Å². The van der Waals surface area contributed by atoms with Crippen molar-refractivity contribution in [3.05, 3.63) is 209 Å². The van der Waals surface area contributed by atoms with Crippen molar-refractivity contribution in [3.63, 3.8) is 0 Å². The van der Waals surface area contributed by atoms with Gasteiger partial charge in [-0.25, -0.2) is 0 Å². The zero-order valence-electron chi connectivity index (χ0n) is 29.4. The van der Waals surface area contributed by atoms with Crippen molar-refractivity contribution in [1.82, 2.24) is 0 Å². The summed E-state index contributed by atoms with van der Waals surface area (Å²) in [6.07, 6.45) is 6.14. The number of hydrogen-bond acceptors (Lipinski definition) is 1. The molecule has 0 N–H and O–H groups in total. The summed E-state index contributed by atoms with van der Waals surface area (Å²) in [5, 5.41) is 6.43. The van der Waals surface area contributed by atoms with Crippen molar-refractivity contribution >= 4 is 49.0 Å². The van der Waals surface area contributed by atoms with E-state index in [4.69, 9.17) is 0 Å². The number of benzene rings is 8. The van der Waals surface area contributed by atoms with Gasteiger partial charge in [-0.15, -0.1) is 11.3 Å². The van der Waals surface area contributed by atoms with Crippen LogP contribution in [0.5, 0.6) is 0 Å². The molecule has 8 aromatic carbocycles. The molecule has 1 heterocycles. The molecule has 1 spiro atoms. The summed E-state index contributed by atoms with van der Waals surface area (Å²) in [5.74, 6) is 0. The number of aryl methyl sites for hydroxylation is 1. The molecule has 248 valence electrons. The van der Waals surface area contributed by atoms with E-state index in [1.54, 1.807) is 0 Å². The molecule has 0 radical (unpaired) electrons. The van der Waals surface area contributed by atoms with Crippen LogP contribution < -0.4 is 0 Å². The molecule has 1 heteroatoms. The number of hydrogen-bond donors (Lipinski definition) is 0. The molecule has 0 saturated carbocycles. The van der Waals surface area contributed by atoms with Crippen molar-refractivity contribution in [1.29, 1.82) is 0 Å². The summed E-state index contributed by atoms with van der Waals surface area (Å²) in [7, 11) is 0. The van der Waals surface area contributed by atoms with E-state index in [-0.39, 0.29) is 0 Å². The van der Waals surface area contributed by atoms with Crippen LogP contribution in [-0.2, 0) is 5.41 Å². The molecule has 11 rings (SSSR count). The highest BCUT2D eigenvalue weighted by Crippen LogP contribution is 2.65. The molecule has 0 fully saturated rings. The van der Waals surface area contributed by atoms with Crippen LogP contribution in [0.25, 0.3) is 82.2 Å². The van der Waals surface area contributed by atoms with Crippen LogP contribution in [0, 0.1) is 6.92 Å². The Morgan fingerprint density at radius 1 is 0.472 bits per heavy atom. The predicted molar refractivity (Wildman–Crippen MR) is 228 cm³/mol. The molecule has 0 unspecified atom stereocenters. The molecule has 0 saturated heterocycles. The highest BCUT2D eigenvalue weighted by molar-refractivity contribution is 7.20. The standard InChI is InChI=1S/C52H34S/c1-3-4-26-47-32(2)35-29-30-45-50(51(35)53-47)42-28-27-34(31-46(42)52(45)43-24-14-12-18-36(43)37-19-13-15-25-44(37)52)49-40-22-10-8-20-38(40)48(33-16-6-5-7-17-33)39-21-9-11-23-41(39)49/h3-31H,1H2,2H3/b26-4-. The van der Waals surface area contributed by atoms with E-state index in [2.05, 4.69) is 183 Å². The second-order valence-corrected chi connectivity index (χ2v) is 15.4. The maximum absolute atomic E-state index is 3.95. The van der Waals surface area contributed by atoms with Gasteiger partial charge in [0, 0.05) is 15.1 Å².